The van der Waals surface area contributed by atoms with Gasteiger partial charge in [0.05, 0.1) is 17.7 Å². The van der Waals surface area contributed by atoms with Gasteiger partial charge in [-0.3, -0.25) is 9.10 Å². The zero-order valence-electron chi connectivity index (χ0n) is 15.9. The number of ether oxygens (including phenoxy) is 2. The summed E-state index contributed by atoms with van der Waals surface area (Å²) in [6.45, 7) is 2.08. The Bertz CT molecular complexity index is 1060. The van der Waals surface area contributed by atoms with Crippen LogP contribution in [0.3, 0.4) is 0 Å². The molecule has 0 saturated heterocycles. The number of fused-ring (bicyclic) bond motifs is 1. The van der Waals surface area contributed by atoms with Crippen molar-refractivity contribution in [2.75, 3.05) is 30.3 Å². The second-order valence-electron chi connectivity index (χ2n) is 6.34. The Hall–Kier alpha value is -3.14. The van der Waals surface area contributed by atoms with E-state index in [-0.39, 0.29) is 5.69 Å². The molecule has 2 aromatic carbocycles. The van der Waals surface area contributed by atoms with E-state index in [9.17, 15) is 17.6 Å². The van der Waals surface area contributed by atoms with Crippen molar-refractivity contribution in [1.82, 2.24) is 5.43 Å². The number of halogens is 1. The predicted molar refractivity (Wildman–Crippen MR) is 106 cm³/mol. The molecule has 0 aromatic heterocycles. The molecular formula is C19H20FN3O5S. The average Bonchev–Trinajstić information content (AvgIpc) is 2.69. The summed E-state index contributed by atoms with van der Waals surface area (Å²) < 4.78 is 49.3. The van der Waals surface area contributed by atoms with E-state index in [0.717, 1.165) is 16.6 Å². The maximum Gasteiger partial charge on any atom is 0.260 e. The van der Waals surface area contributed by atoms with Gasteiger partial charge in [-0.15, -0.1) is 0 Å². The fourth-order valence-corrected chi connectivity index (χ4v) is 3.52. The van der Waals surface area contributed by atoms with Crippen molar-refractivity contribution < 1.29 is 27.1 Å². The van der Waals surface area contributed by atoms with E-state index in [4.69, 9.17) is 9.47 Å². The molecule has 1 amide bonds. The number of carbonyl (C=O) groups is 1. The molecule has 0 atom stereocenters. The third-order valence-corrected chi connectivity index (χ3v) is 5.23. The zero-order chi connectivity index (χ0) is 21.0. The first-order valence-electron chi connectivity index (χ1n) is 8.70. The van der Waals surface area contributed by atoms with E-state index in [0.29, 0.717) is 36.0 Å². The molecule has 0 radical (unpaired) electrons. The number of amides is 1. The third-order valence-electron chi connectivity index (χ3n) is 4.09. The largest absolute Gasteiger partial charge is 0.486 e. The molecule has 1 heterocycles. The van der Waals surface area contributed by atoms with Crippen LogP contribution >= 0.6 is 0 Å². The Morgan fingerprint density at radius 2 is 1.90 bits per heavy atom. The molecule has 0 unspecified atom stereocenters. The van der Waals surface area contributed by atoms with E-state index < -0.39 is 28.3 Å². The van der Waals surface area contributed by atoms with Crippen molar-refractivity contribution in [3.63, 3.8) is 0 Å². The van der Waals surface area contributed by atoms with Crippen molar-refractivity contribution >= 4 is 27.3 Å². The Morgan fingerprint density at radius 3 is 2.59 bits per heavy atom. The molecule has 1 aliphatic heterocycles. The summed E-state index contributed by atoms with van der Waals surface area (Å²) in [6.07, 6.45) is 0.939. The number of nitrogens with zero attached hydrogens (tertiary/aromatic N) is 2. The van der Waals surface area contributed by atoms with Crippen LogP contribution in [0.4, 0.5) is 10.1 Å². The minimum Gasteiger partial charge on any atom is -0.486 e. The maximum absolute atomic E-state index is 13.5. The van der Waals surface area contributed by atoms with Gasteiger partial charge in [0, 0.05) is 5.56 Å². The molecule has 1 aliphatic rings. The highest BCUT2D eigenvalue weighted by atomic mass is 32.2. The van der Waals surface area contributed by atoms with Gasteiger partial charge in [-0.2, -0.15) is 5.10 Å². The molecule has 154 valence electrons. The van der Waals surface area contributed by atoms with Gasteiger partial charge in [0.25, 0.3) is 5.91 Å². The molecule has 10 heteroatoms. The second kappa shape index (κ2) is 8.48. The van der Waals surface area contributed by atoms with Crippen LogP contribution in [-0.4, -0.2) is 46.1 Å². The highest BCUT2D eigenvalue weighted by Gasteiger charge is 2.21. The Morgan fingerprint density at radius 1 is 1.17 bits per heavy atom. The number of sulfonamides is 1. The van der Waals surface area contributed by atoms with Crippen LogP contribution < -0.4 is 19.2 Å². The quantitative estimate of drug-likeness (QED) is 0.568. The summed E-state index contributed by atoms with van der Waals surface area (Å²) in [7, 11) is -3.80. The van der Waals surface area contributed by atoms with Gasteiger partial charge in [0.15, 0.2) is 11.5 Å². The van der Waals surface area contributed by atoms with Gasteiger partial charge in [0.1, 0.15) is 25.6 Å². The van der Waals surface area contributed by atoms with Crippen LogP contribution in [0.1, 0.15) is 12.5 Å². The third kappa shape index (κ3) is 5.23. The molecule has 3 rings (SSSR count). The minimum atomic E-state index is -3.80. The van der Waals surface area contributed by atoms with Gasteiger partial charge in [-0.1, -0.05) is 6.07 Å². The van der Waals surface area contributed by atoms with Crippen molar-refractivity contribution in [2.45, 2.75) is 6.92 Å². The molecule has 0 aliphatic carbocycles. The first-order valence-corrected chi connectivity index (χ1v) is 10.6. The summed E-state index contributed by atoms with van der Waals surface area (Å²) in [4.78, 5) is 12.3. The van der Waals surface area contributed by atoms with Crippen LogP contribution in [-0.2, 0) is 14.8 Å². The van der Waals surface area contributed by atoms with Gasteiger partial charge in [-0.05, 0) is 43.3 Å². The summed E-state index contributed by atoms with van der Waals surface area (Å²) in [5.41, 5.74) is 3.58. The first-order chi connectivity index (χ1) is 13.7. The molecule has 8 nitrogen and oxygen atoms in total. The summed E-state index contributed by atoms with van der Waals surface area (Å²) in [5, 5.41) is 4.01. The highest BCUT2D eigenvalue weighted by Crippen LogP contribution is 2.30. The number of rotatable bonds is 6. The fraction of sp³-hybridized carbons (Fsp3) is 0.263. The number of anilines is 1. The van der Waals surface area contributed by atoms with E-state index in [1.807, 2.05) is 0 Å². The monoisotopic (exact) mass is 421 g/mol. The molecule has 29 heavy (non-hydrogen) atoms. The number of carbonyl (C=O) groups excluding carboxylic acids is 1. The van der Waals surface area contributed by atoms with Crippen molar-refractivity contribution in [2.24, 2.45) is 5.10 Å². The Labute approximate surface area is 168 Å². The van der Waals surface area contributed by atoms with Crippen molar-refractivity contribution in [3.05, 3.63) is 53.8 Å². The zero-order valence-corrected chi connectivity index (χ0v) is 16.7. The molecule has 0 spiro atoms. The Kier molecular flexibility index (Phi) is 6.02. The number of nitrogens with one attached hydrogen (secondary N) is 1. The highest BCUT2D eigenvalue weighted by molar-refractivity contribution is 7.92. The van der Waals surface area contributed by atoms with Crippen molar-refractivity contribution in [3.8, 4) is 11.5 Å². The number of hydrogen-bond donors (Lipinski definition) is 1. The van der Waals surface area contributed by atoms with Crippen LogP contribution in [0.5, 0.6) is 11.5 Å². The lowest BCUT2D eigenvalue weighted by Gasteiger charge is -2.21. The molecule has 0 saturated carbocycles. The van der Waals surface area contributed by atoms with E-state index >= 15 is 0 Å². The molecule has 1 N–H and O–H groups in total. The van der Waals surface area contributed by atoms with Gasteiger partial charge in [0.2, 0.25) is 10.0 Å². The standard InChI is InChI=1S/C19H20FN3O5S/c1-13(14-6-7-17-18(10-14)28-9-8-27-17)21-22-19(24)12-23(29(2,25)26)16-5-3-4-15(20)11-16/h3-7,10-11H,8-9,12H2,1-2H3,(H,22,24)/b21-13-. The molecule has 0 fully saturated rings. The lowest BCUT2D eigenvalue weighted by Crippen LogP contribution is -2.39. The van der Waals surface area contributed by atoms with Gasteiger partial charge in [-0.25, -0.2) is 18.2 Å². The minimum absolute atomic E-state index is 0.0511. The predicted octanol–water partition coefficient (Wildman–Crippen LogP) is 1.90. The SMILES string of the molecule is C/C(=N/NC(=O)CN(c1cccc(F)c1)S(C)(=O)=O)c1ccc2c(c1)OCCO2. The fourth-order valence-electron chi connectivity index (χ4n) is 2.68. The van der Waals surface area contributed by atoms with Crippen molar-refractivity contribution in [1.29, 1.82) is 0 Å². The molecule has 2 aromatic rings. The van der Waals surface area contributed by atoms with Crippen LogP contribution in [0.15, 0.2) is 47.6 Å². The van der Waals surface area contributed by atoms with Crippen LogP contribution in [0, 0.1) is 5.82 Å². The summed E-state index contributed by atoms with van der Waals surface area (Å²) in [6, 6.07) is 10.3. The second-order valence-corrected chi connectivity index (χ2v) is 8.25. The van der Waals surface area contributed by atoms with Gasteiger partial charge >= 0.3 is 0 Å². The maximum atomic E-state index is 13.5. The molecular weight excluding hydrogens is 401 g/mol. The van der Waals surface area contributed by atoms with E-state index in [1.54, 1.807) is 25.1 Å². The van der Waals surface area contributed by atoms with Crippen LogP contribution in [0.25, 0.3) is 0 Å². The van der Waals surface area contributed by atoms with Crippen LogP contribution in [0.2, 0.25) is 0 Å². The van der Waals surface area contributed by atoms with E-state index in [2.05, 4.69) is 10.5 Å². The topological polar surface area (TPSA) is 97.3 Å². The van der Waals surface area contributed by atoms with Gasteiger partial charge < -0.3 is 9.47 Å². The number of hydrogen-bond acceptors (Lipinski definition) is 6. The molecule has 0 bridgehead atoms. The lowest BCUT2D eigenvalue weighted by molar-refractivity contribution is -0.119. The number of hydrazone groups is 1. The average molecular weight is 421 g/mol. The normalized spacial score (nSPS) is 13.7. The summed E-state index contributed by atoms with van der Waals surface area (Å²) in [5.74, 6) is -0.0553. The van der Waals surface area contributed by atoms with E-state index in [1.165, 1.54) is 18.2 Å². The lowest BCUT2D eigenvalue weighted by atomic mass is 10.1. The number of benzene rings is 2. The summed E-state index contributed by atoms with van der Waals surface area (Å²) >= 11 is 0. The smallest absolute Gasteiger partial charge is 0.260 e. The first kappa shape index (κ1) is 20.6. The Balaban J connectivity index is 1.71.